The number of hydrogen-bond acceptors (Lipinski definition) is 3. The van der Waals surface area contributed by atoms with Gasteiger partial charge in [-0.15, -0.1) is 0 Å². The molecule has 1 aliphatic heterocycles. The average Bonchev–Trinajstić information content (AvgIpc) is 2.94. The predicted molar refractivity (Wildman–Crippen MR) is 90.6 cm³/mol. The highest BCUT2D eigenvalue weighted by molar-refractivity contribution is 5.27. The minimum absolute atomic E-state index is 0.0861. The zero-order valence-corrected chi connectivity index (χ0v) is 13.8. The Morgan fingerprint density at radius 1 is 1.09 bits per heavy atom. The second-order valence-electron chi connectivity index (χ2n) is 7.17. The van der Waals surface area contributed by atoms with Crippen molar-refractivity contribution in [2.24, 2.45) is 5.92 Å². The summed E-state index contributed by atoms with van der Waals surface area (Å²) in [6, 6.07) is 9.52. The number of likely N-dealkylation sites (tertiary alicyclic amines) is 1. The summed E-state index contributed by atoms with van der Waals surface area (Å²) >= 11 is 0. The molecule has 0 amide bonds. The first-order valence-electron chi connectivity index (χ1n) is 8.93. The van der Waals surface area contributed by atoms with E-state index in [2.05, 4.69) is 41.4 Å². The molecule has 22 heavy (non-hydrogen) atoms. The van der Waals surface area contributed by atoms with Crippen molar-refractivity contribution in [1.82, 2.24) is 10.2 Å². The van der Waals surface area contributed by atoms with Gasteiger partial charge < -0.3 is 10.4 Å². The topological polar surface area (TPSA) is 35.5 Å². The van der Waals surface area contributed by atoms with Crippen LogP contribution in [0.3, 0.4) is 0 Å². The molecule has 1 aromatic rings. The summed E-state index contributed by atoms with van der Waals surface area (Å²) in [7, 11) is 0. The van der Waals surface area contributed by atoms with E-state index in [1.54, 1.807) is 0 Å². The van der Waals surface area contributed by atoms with Crippen LogP contribution in [-0.4, -0.2) is 35.2 Å². The molecule has 1 aliphatic carbocycles. The maximum Gasteiger partial charge on any atom is 0.0564 e. The van der Waals surface area contributed by atoms with E-state index in [-0.39, 0.29) is 6.10 Å². The summed E-state index contributed by atoms with van der Waals surface area (Å²) in [6.45, 7) is 6.41. The van der Waals surface area contributed by atoms with Crippen LogP contribution in [0.25, 0.3) is 0 Å². The van der Waals surface area contributed by atoms with E-state index in [9.17, 15) is 5.11 Å². The van der Waals surface area contributed by atoms with Crippen molar-refractivity contribution >= 4 is 0 Å². The van der Waals surface area contributed by atoms with E-state index < -0.39 is 0 Å². The van der Waals surface area contributed by atoms with Gasteiger partial charge in [0.25, 0.3) is 0 Å². The second-order valence-corrected chi connectivity index (χ2v) is 7.17. The largest absolute Gasteiger partial charge is 0.393 e. The summed E-state index contributed by atoms with van der Waals surface area (Å²) in [6.07, 6.45) is 5.82. The summed E-state index contributed by atoms with van der Waals surface area (Å²) in [4.78, 5) is 2.48. The monoisotopic (exact) mass is 302 g/mol. The van der Waals surface area contributed by atoms with Crippen molar-refractivity contribution in [2.45, 2.75) is 64.3 Å². The summed E-state index contributed by atoms with van der Waals surface area (Å²) in [5.41, 5.74) is 2.88. The number of nitrogens with one attached hydrogen (secondary N) is 1. The third-order valence-electron chi connectivity index (χ3n) is 5.49. The Morgan fingerprint density at radius 3 is 2.50 bits per heavy atom. The van der Waals surface area contributed by atoms with Crippen LogP contribution in [0.1, 0.15) is 50.2 Å². The van der Waals surface area contributed by atoms with Crippen LogP contribution in [0.4, 0.5) is 0 Å². The molecule has 2 aliphatic rings. The summed E-state index contributed by atoms with van der Waals surface area (Å²) < 4.78 is 0. The number of piperidine rings is 1. The molecule has 2 N–H and O–H groups in total. The zero-order chi connectivity index (χ0) is 15.4. The van der Waals surface area contributed by atoms with Gasteiger partial charge in [-0.1, -0.05) is 37.6 Å². The number of benzene rings is 1. The third kappa shape index (κ3) is 4.09. The van der Waals surface area contributed by atoms with Crippen molar-refractivity contribution in [3.8, 4) is 0 Å². The number of rotatable bonds is 5. The fourth-order valence-electron chi connectivity index (χ4n) is 3.89. The molecule has 3 nitrogen and oxygen atoms in total. The molecule has 2 atom stereocenters. The van der Waals surface area contributed by atoms with Crippen LogP contribution < -0.4 is 5.32 Å². The highest BCUT2D eigenvalue weighted by Gasteiger charge is 2.23. The summed E-state index contributed by atoms with van der Waals surface area (Å²) in [5.74, 6) is 0.816. The highest BCUT2D eigenvalue weighted by Crippen LogP contribution is 2.25. The Balaban J connectivity index is 1.57. The molecule has 0 radical (unpaired) electrons. The molecule has 1 saturated heterocycles. The minimum atomic E-state index is -0.0861. The SMILES string of the molecule is CC1CCCC1NCc1ccccc1CN1CCC(O)CC1. The van der Waals surface area contributed by atoms with Gasteiger partial charge in [0.1, 0.15) is 0 Å². The van der Waals surface area contributed by atoms with Gasteiger partial charge in [-0.25, -0.2) is 0 Å². The Kier molecular flexibility index (Phi) is 5.51. The van der Waals surface area contributed by atoms with Crippen LogP contribution in [-0.2, 0) is 13.1 Å². The minimum Gasteiger partial charge on any atom is -0.393 e. The number of hydrogen-bond donors (Lipinski definition) is 2. The zero-order valence-electron chi connectivity index (χ0n) is 13.8. The normalized spacial score (nSPS) is 27.4. The molecule has 2 unspecified atom stereocenters. The Labute approximate surface area is 134 Å². The number of nitrogens with zero attached hydrogens (tertiary/aromatic N) is 1. The molecule has 1 heterocycles. The molecule has 0 aromatic heterocycles. The molecule has 3 rings (SSSR count). The van der Waals surface area contributed by atoms with Crippen LogP contribution in [0.15, 0.2) is 24.3 Å². The fraction of sp³-hybridized carbons (Fsp3) is 0.684. The van der Waals surface area contributed by atoms with Crippen LogP contribution >= 0.6 is 0 Å². The van der Waals surface area contributed by atoms with Gasteiger partial charge in [-0.2, -0.15) is 0 Å². The number of aliphatic hydroxyl groups is 1. The summed E-state index contributed by atoms with van der Waals surface area (Å²) in [5, 5.41) is 13.4. The smallest absolute Gasteiger partial charge is 0.0564 e. The fourth-order valence-corrected chi connectivity index (χ4v) is 3.89. The van der Waals surface area contributed by atoms with E-state index in [1.807, 2.05) is 0 Å². The van der Waals surface area contributed by atoms with Crippen LogP contribution in [0, 0.1) is 5.92 Å². The van der Waals surface area contributed by atoms with E-state index in [0.717, 1.165) is 44.9 Å². The molecule has 1 saturated carbocycles. The standard InChI is InChI=1S/C19H30N2O/c1-15-5-4-8-19(15)20-13-16-6-2-3-7-17(16)14-21-11-9-18(22)10-12-21/h2-3,6-7,15,18-20,22H,4-5,8-14H2,1H3. The van der Waals surface area contributed by atoms with Gasteiger partial charge in [0, 0.05) is 32.2 Å². The predicted octanol–water partition coefficient (Wildman–Crippen LogP) is 2.92. The lowest BCUT2D eigenvalue weighted by atomic mass is 10.0. The van der Waals surface area contributed by atoms with Gasteiger partial charge in [-0.05, 0) is 42.7 Å². The maximum absolute atomic E-state index is 9.64. The molecule has 122 valence electrons. The van der Waals surface area contributed by atoms with E-state index in [0.29, 0.717) is 6.04 Å². The van der Waals surface area contributed by atoms with Crippen molar-refractivity contribution < 1.29 is 5.11 Å². The van der Waals surface area contributed by atoms with Gasteiger partial charge in [0.15, 0.2) is 0 Å². The third-order valence-corrected chi connectivity index (χ3v) is 5.49. The van der Waals surface area contributed by atoms with Crippen molar-refractivity contribution in [3.05, 3.63) is 35.4 Å². The highest BCUT2D eigenvalue weighted by atomic mass is 16.3. The maximum atomic E-state index is 9.64. The van der Waals surface area contributed by atoms with E-state index >= 15 is 0 Å². The molecule has 1 aromatic carbocycles. The molecular formula is C19H30N2O. The van der Waals surface area contributed by atoms with Crippen LogP contribution in [0.2, 0.25) is 0 Å². The molecule has 2 fully saturated rings. The Morgan fingerprint density at radius 2 is 1.82 bits per heavy atom. The van der Waals surface area contributed by atoms with Gasteiger partial charge in [-0.3, -0.25) is 4.90 Å². The lowest BCUT2D eigenvalue weighted by Crippen LogP contribution is -2.36. The van der Waals surface area contributed by atoms with Crippen LogP contribution in [0.5, 0.6) is 0 Å². The molecule has 0 bridgehead atoms. The average molecular weight is 302 g/mol. The number of aliphatic hydroxyl groups excluding tert-OH is 1. The molecular weight excluding hydrogens is 272 g/mol. The van der Waals surface area contributed by atoms with E-state index in [1.165, 1.54) is 30.4 Å². The lowest BCUT2D eigenvalue weighted by Gasteiger charge is -2.30. The Bertz CT molecular complexity index is 468. The first-order valence-corrected chi connectivity index (χ1v) is 8.93. The van der Waals surface area contributed by atoms with Gasteiger partial charge >= 0.3 is 0 Å². The Hall–Kier alpha value is -0.900. The first-order chi connectivity index (χ1) is 10.7. The second kappa shape index (κ2) is 7.58. The first kappa shape index (κ1) is 16.0. The van der Waals surface area contributed by atoms with Gasteiger partial charge in [0.2, 0.25) is 0 Å². The van der Waals surface area contributed by atoms with Crippen molar-refractivity contribution in [2.75, 3.05) is 13.1 Å². The lowest BCUT2D eigenvalue weighted by molar-refractivity contribution is 0.0791. The van der Waals surface area contributed by atoms with Crippen molar-refractivity contribution in [1.29, 1.82) is 0 Å². The molecule has 3 heteroatoms. The quantitative estimate of drug-likeness (QED) is 0.878. The van der Waals surface area contributed by atoms with Gasteiger partial charge in [0.05, 0.1) is 6.10 Å². The molecule has 0 spiro atoms. The van der Waals surface area contributed by atoms with Crippen molar-refractivity contribution in [3.63, 3.8) is 0 Å². The van der Waals surface area contributed by atoms with E-state index in [4.69, 9.17) is 0 Å².